The fraction of sp³-hybridized carbons (Fsp3) is 0.625. The Morgan fingerprint density at radius 2 is 1.76 bits per heavy atom. The number of alkyl halides is 1. The third kappa shape index (κ3) is 2.38. The van der Waals surface area contributed by atoms with Gasteiger partial charge < -0.3 is 0 Å². The standard InChI is InChI=1S/C16H21Cl/c1-2-3-11-4-6-12(7-5-11)16(17)15-9-13-8-14(13)10-15/h4-7,13-16H,2-3,8-10H2,1H3. The van der Waals surface area contributed by atoms with E-state index in [-0.39, 0.29) is 5.38 Å². The first-order valence-corrected chi connectivity index (χ1v) is 7.44. The van der Waals surface area contributed by atoms with E-state index in [1.807, 2.05) is 0 Å². The van der Waals surface area contributed by atoms with Crippen LogP contribution in [0.15, 0.2) is 24.3 Å². The topological polar surface area (TPSA) is 0 Å². The Labute approximate surface area is 109 Å². The van der Waals surface area contributed by atoms with Gasteiger partial charge in [-0.2, -0.15) is 0 Å². The van der Waals surface area contributed by atoms with Crippen LogP contribution in [0.1, 0.15) is 49.1 Å². The molecule has 3 rings (SSSR count). The van der Waals surface area contributed by atoms with E-state index in [2.05, 4.69) is 31.2 Å². The molecule has 0 aromatic heterocycles. The zero-order chi connectivity index (χ0) is 11.8. The third-order valence-electron chi connectivity index (χ3n) is 4.53. The number of benzene rings is 1. The molecule has 3 atom stereocenters. The zero-order valence-corrected chi connectivity index (χ0v) is 11.3. The van der Waals surface area contributed by atoms with E-state index < -0.39 is 0 Å². The van der Waals surface area contributed by atoms with Crippen molar-refractivity contribution >= 4 is 11.6 Å². The summed E-state index contributed by atoms with van der Waals surface area (Å²) in [6.07, 6.45) is 6.62. The van der Waals surface area contributed by atoms with Crippen molar-refractivity contribution in [1.82, 2.24) is 0 Å². The van der Waals surface area contributed by atoms with Gasteiger partial charge in [-0.3, -0.25) is 0 Å². The van der Waals surface area contributed by atoms with E-state index in [0.717, 1.165) is 17.8 Å². The van der Waals surface area contributed by atoms with Gasteiger partial charge in [0, 0.05) is 0 Å². The molecule has 1 aromatic carbocycles. The maximum Gasteiger partial charge on any atom is 0.0613 e. The molecule has 1 aromatic rings. The van der Waals surface area contributed by atoms with Crippen molar-refractivity contribution in [2.75, 3.05) is 0 Å². The van der Waals surface area contributed by atoms with Crippen molar-refractivity contribution in [2.45, 2.75) is 44.4 Å². The van der Waals surface area contributed by atoms with E-state index in [1.54, 1.807) is 0 Å². The number of fused-ring (bicyclic) bond motifs is 1. The predicted octanol–water partition coefficient (Wildman–Crippen LogP) is 4.97. The minimum Gasteiger partial charge on any atom is -0.118 e. The molecule has 92 valence electrons. The summed E-state index contributed by atoms with van der Waals surface area (Å²) < 4.78 is 0. The number of halogens is 1. The van der Waals surface area contributed by atoms with E-state index in [0.29, 0.717) is 0 Å². The number of aryl methyl sites for hydroxylation is 1. The quantitative estimate of drug-likeness (QED) is 0.661. The SMILES string of the molecule is CCCc1ccc(C(Cl)C2CC3CC3C2)cc1. The summed E-state index contributed by atoms with van der Waals surface area (Å²) in [5.41, 5.74) is 2.77. The lowest BCUT2D eigenvalue weighted by Crippen LogP contribution is -2.06. The molecule has 0 heterocycles. The molecule has 0 bridgehead atoms. The number of hydrogen-bond donors (Lipinski definition) is 0. The second kappa shape index (κ2) is 4.65. The molecule has 2 saturated carbocycles. The molecule has 0 amide bonds. The molecule has 17 heavy (non-hydrogen) atoms. The van der Waals surface area contributed by atoms with Gasteiger partial charge in [-0.1, -0.05) is 37.6 Å². The van der Waals surface area contributed by atoms with E-state index >= 15 is 0 Å². The lowest BCUT2D eigenvalue weighted by molar-refractivity contribution is 0.471. The second-order valence-corrected chi connectivity index (χ2v) is 6.35. The van der Waals surface area contributed by atoms with Crippen LogP contribution < -0.4 is 0 Å². The van der Waals surface area contributed by atoms with Crippen molar-refractivity contribution in [3.8, 4) is 0 Å². The van der Waals surface area contributed by atoms with E-state index in [4.69, 9.17) is 11.6 Å². The minimum atomic E-state index is 0.249. The Hall–Kier alpha value is -0.490. The summed E-state index contributed by atoms with van der Waals surface area (Å²) in [6, 6.07) is 8.99. The lowest BCUT2D eigenvalue weighted by Gasteiger charge is -2.19. The first-order valence-electron chi connectivity index (χ1n) is 7.01. The Balaban J connectivity index is 1.66. The third-order valence-corrected chi connectivity index (χ3v) is 5.14. The molecular formula is C16H21Cl. The van der Waals surface area contributed by atoms with Crippen LogP contribution in [-0.4, -0.2) is 0 Å². The maximum absolute atomic E-state index is 6.63. The predicted molar refractivity (Wildman–Crippen MR) is 73.4 cm³/mol. The smallest absolute Gasteiger partial charge is 0.0613 e. The first kappa shape index (κ1) is 11.6. The number of hydrogen-bond acceptors (Lipinski definition) is 0. The van der Waals surface area contributed by atoms with Gasteiger partial charge in [0.1, 0.15) is 0 Å². The fourth-order valence-corrected chi connectivity index (χ4v) is 3.78. The van der Waals surface area contributed by atoms with Gasteiger partial charge in [-0.05, 0) is 54.6 Å². The van der Waals surface area contributed by atoms with E-state index in [9.17, 15) is 0 Å². The minimum absolute atomic E-state index is 0.249. The summed E-state index contributed by atoms with van der Waals surface area (Å²) in [6.45, 7) is 2.23. The van der Waals surface area contributed by atoms with Crippen molar-refractivity contribution in [1.29, 1.82) is 0 Å². The van der Waals surface area contributed by atoms with Crippen molar-refractivity contribution in [2.24, 2.45) is 17.8 Å². The Kier molecular flexibility index (Phi) is 3.17. The van der Waals surface area contributed by atoms with Crippen molar-refractivity contribution in [3.63, 3.8) is 0 Å². The van der Waals surface area contributed by atoms with Gasteiger partial charge in [0.15, 0.2) is 0 Å². The molecule has 2 aliphatic carbocycles. The van der Waals surface area contributed by atoms with Crippen LogP contribution in [0.4, 0.5) is 0 Å². The van der Waals surface area contributed by atoms with Gasteiger partial charge in [0.25, 0.3) is 0 Å². The van der Waals surface area contributed by atoms with Crippen LogP contribution in [0.5, 0.6) is 0 Å². The highest BCUT2D eigenvalue weighted by atomic mass is 35.5. The van der Waals surface area contributed by atoms with Gasteiger partial charge in [-0.15, -0.1) is 11.6 Å². The molecule has 2 fully saturated rings. The van der Waals surface area contributed by atoms with Crippen LogP contribution >= 0.6 is 11.6 Å². The molecule has 2 aliphatic rings. The first-order chi connectivity index (χ1) is 8.28. The van der Waals surface area contributed by atoms with Gasteiger partial charge in [0.05, 0.1) is 5.38 Å². The Bertz CT molecular complexity index is 371. The summed E-state index contributed by atoms with van der Waals surface area (Å²) in [5, 5.41) is 0.249. The fourth-order valence-electron chi connectivity index (χ4n) is 3.43. The molecule has 0 nitrogen and oxygen atoms in total. The monoisotopic (exact) mass is 248 g/mol. The summed E-state index contributed by atoms with van der Waals surface area (Å²) in [5.74, 6) is 2.79. The van der Waals surface area contributed by atoms with E-state index in [1.165, 1.54) is 43.2 Å². The summed E-state index contributed by atoms with van der Waals surface area (Å²) in [7, 11) is 0. The molecule has 0 saturated heterocycles. The summed E-state index contributed by atoms with van der Waals surface area (Å²) in [4.78, 5) is 0. The average Bonchev–Trinajstić information content (AvgIpc) is 2.97. The van der Waals surface area contributed by atoms with Gasteiger partial charge in [0.2, 0.25) is 0 Å². The highest BCUT2D eigenvalue weighted by molar-refractivity contribution is 6.21. The molecule has 3 unspecified atom stereocenters. The molecule has 0 N–H and O–H groups in total. The normalized spacial score (nSPS) is 32.2. The highest BCUT2D eigenvalue weighted by Gasteiger charge is 2.47. The van der Waals surface area contributed by atoms with Gasteiger partial charge in [-0.25, -0.2) is 0 Å². The molecule has 0 radical (unpaired) electrons. The molecular weight excluding hydrogens is 228 g/mol. The zero-order valence-electron chi connectivity index (χ0n) is 10.5. The maximum atomic E-state index is 6.63. The average molecular weight is 249 g/mol. The molecule has 1 heteroatoms. The van der Waals surface area contributed by atoms with Crippen LogP contribution in [0.2, 0.25) is 0 Å². The largest absolute Gasteiger partial charge is 0.118 e. The summed E-state index contributed by atoms with van der Waals surface area (Å²) >= 11 is 6.63. The van der Waals surface area contributed by atoms with Crippen LogP contribution in [0.3, 0.4) is 0 Å². The Morgan fingerprint density at radius 1 is 1.12 bits per heavy atom. The Morgan fingerprint density at radius 3 is 2.35 bits per heavy atom. The molecule has 0 spiro atoms. The van der Waals surface area contributed by atoms with Crippen LogP contribution in [0, 0.1) is 17.8 Å². The lowest BCUT2D eigenvalue weighted by atomic mass is 9.93. The highest BCUT2D eigenvalue weighted by Crippen LogP contribution is 2.58. The van der Waals surface area contributed by atoms with Crippen molar-refractivity contribution < 1.29 is 0 Å². The van der Waals surface area contributed by atoms with Gasteiger partial charge >= 0.3 is 0 Å². The number of rotatable bonds is 4. The van der Waals surface area contributed by atoms with Crippen molar-refractivity contribution in [3.05, 3.63) is 35.4 Å². The second-order valence-electron chi connectivity index (χ2n) is 5.88. The van der Waals surface area contributed by atoms with Crippen LogP contribution in [0.25, 0.3) is 0 Å². The van der Waals surface area contributed by atoms with Crippen LogP contribution in [-0.2, 0) is 6.42 Å². The molecule has 0 aliphatic heterocycles.